The van der Waals surface area contributed by atoms with Gasteiger partial charge in [0.15, 0.2) is 5.84 Å². The number of imidazole rings is 1. The lowest BCUT2D eigenvalue weighted by molar-refractivity contribution is -0.124. The highest BCUT2D eigenvalue weighted by molar-refractivity contribution is 6.09. The Bertz CT molecular complexity index is 436. The summed E-state index contributed by atoms with van der Waals surface area (Å²) in [4.78, 5) is 19.0. The molecule has 7 nitrogen and oxygen atoms in total. The van der Waals surface area contributed by atoms with E-state index in [1.807, 2.05) is 0 Å². The zero-order valence-corrected chi connectivity index (χ0v) is 10.0. The first kappa shape index (κ1) is 12.4. The van der Waals surface area contributed by atoms with E-state index in [2.05, 4.69) is 20.4 Å². The molecule has 98 valence electrons. The maximum Gasteiger partial charge on any atom is 0.233 e. The molecule has 5 N–H and O–H groups in total. The fraction of sp³-hybridized carbons (Fsp3) is 0.545. The van der Waals surface area contributed by atoms with E-state index in [0.717, 1.165) is 18.7 Å². The Balaban J connectivity index is 1.73. The minimum absolute atomic E-state index is 0.00559. The van der Waals surface area contributed by atoms with Crippen LogP contribution in [0.25, 0.3) is 0 Å². The van der Waals surface area contributed by atoms with Gasteiger partial charge < -0.3 is 21.2 Å². The normalized spacial score (nSPS) is 17.4. The fourth-order valence-corrected chi connectivity index (χ4v) is 1.88. The molecule has 0 aliphatic heterocycles. The third-order valence-corrected chi connectivity index (χ3v) is 3.21. The molecule has 0 saturated heterocycles. The van der Waals surface area contributed by atoms with Crippen LogP contribution in [0.4, 0.5) is 0 Å². The third-order valence-electron chi connectivity index (χ3n) is 3.21. The second-order valence-corrected chi connectivity index (χ2v) is 4.46. The molecule has 1 aromatic rings. The van der Waals surface area contributed by atoms with Crippen molar-refractivity contribution < 1.29 is 10.0 Å². The van der Waals surface area contributed by atoms with Crippen molar-refractivity contribution in [3.63, 3.8) is 0 Å². The fourth-order valence-electron chi connectivity index (χ4n) is 1.88. The number of nitrogens with zero attached hydrogens (tertiary/aromatic N) is 2. The van der Waals surface area contributed by atoms with Crippen LogP contribution in [0.15, 0.2) is 17.5 Å². The second-order valence-electron chi connectivity index (χ2n) is 4.46. The summed E-state index contributed by atoms with van der Waals surface area (Å²) in [6.45, 7) is 0.556. The molecule has 1 amide bonds. The van der Waals surface area contributed by atoms with E-state index < -0.39 is 5.41 Å². The van der Waals surface area contributed by atoms with Gasteiger partial charge in [-0.15, -0.1) is 0 Å². The number of aromatic nitrogens is 2. The minimum atomic E-state index is -0.764. The van der Waals surface area contributed by atoms with Crippen LogP contribution in [0, 0.1) is 5.41 Å². The van der Waals surface area contributed by atoms with Gasteiger partial charge in [-0.25, -0.2) is 4.98 Å². The van der Waals surface area contributed by atoms with Crippen molar-refractivity contribution in [2.24, 2.45) is 16.3 Å². The minimum Gasteiger partial charge on any atom is -0.409 e. The summed E-state index contributed by atoms with van der Waals surface area (Å²) >= 11 is 0. The molecular formula is C11H17N5O2. The van der Waals surface area contributed by atoms with Gasteiger partial charge in [-0.1, -0.05) is 5.16 Å². The summed E-state index contributed by atoms with van der Waals surface area (Å²) in [6.07, 6.45) is 6.34. The quantitative estimate of drug-likeness (QED) is 0.187. The number of amides is 1. The predicted octanol–water partition coefficient (Wildman–Crippen LogP) is -0.0149. The van der Waals surface area contributed by atoms with Crippen LogP contribution >= 0.6 is 0 Å². The zero-order valence-electron chi connectivity index (χ0n) is 10.0. The number of nitrogens with one attached hydrogen (secondary N) is 2. The number of aryl methyl sites for hydroxylation is 1. The third kappa shape index (κ3) is 2.44. The Morgan fingerprint density at radius 3 is 3.00 bits per heavy atom. The van der Waals surface area contributed by atoms with Crippen LogP contribution in [0.1, 0.15) is 25.1 Å². The molecule has 18 heavy (non-hydrogen) atoms. The number of amidine groups is 1. The average molecular weight is 251 g/mol. The van der Waals surface area contributed by atoms with E-state index in [-0.39, 0.29) is 11.7 Å². The van der Waals surface area contributed by atoms with E-state index in [1.165, 1.54) is 0 Å². The molecule has 7 heteroatoms. The largest absolute Gasteiger partial charge is 0.409 e. The highest BCUT2D eigenvalue weighted by Gasteiger charge is 2.53. The van der Waals surface area contributed by atoms with Gasteiger partial charge in [-0.05, 0) is 19.3 Å². The smallest absolute Gasteiger partial charge is 0.233 e. The predicted molar refractivity (Wildman–Crippen MR) is 65.0 cm³/mol. The Labute approximate surface area is 104 Å². The molecule has 1 aliphatic carbocycles. The van der Waals surface area contributed by atoms with Crippen molar-refractivity contribution in [1.29, 1.82) is 0 Å². The van der Waals surface area contributed by atoms with E-state index in [9.17, 15) is 4.79 Å². The van der Waals surface area contributed by atoms with Gasteiger partial charge in [-0.3, -0.25) is 4.79 Å². The number of oxime groups is 1. The maximum absolute atomic E-state index is 11.9. The Kier molecular flexibility index (Phi) is 3.50. The van der Waals surface area contributed by atoms with Gasteiger partial charge in [0.05, 0.1) is 0 Å². The number of H-pyrrole nitrogens is 1. The molecule has 1 heterocycles. The number of carbonyl (C=O) groups is 1. The van der Waals surface area contributed by atoms with Gasteiger partial charge in [-0.2, -0.15) is 0 Å². The highest BCUT2D eigenvalue weighted by Crippen LogP contribution is 2.45. The van der Waals surface area contributed by atoms with Crippen molar-refractivity contribution in [2.75, 3.05) is 6.54 Å². The van der Waals surface area contributed by atoms with Crippen molar-refractivity contribution >= 4 is 11.7 Å². The first-order chi connectivity index (χ1) is 8.69. The van der Waals surface area contributed by atoms with Gasteiger partial charge in [0, 0.05) is 25.4 Å². The standard InChI is InChI=1S/C11H17N5O2/c12-9(16-18)11(3-4-11)10(17)15-5-1-2-8-13-6-7-14-8/h6-7,18H,1-5H2,(H2,12,16)(H,13,14)(H,15,17). The Morgan fingerprint density at radius 2 is 2.44 bits per heavy atom. The van der Waals surface area contributed by atoms with E-state index in [4.69, 9.17) is 10.9 Å². The lowest BCUT2D eigenvalue weighted by Gasteiger charge is -2.13. The van der Waals surface area contributed by atoms with Crippen LogP contribution in [-0.2, 0) is 11.2 Å². The topological polar surface area (TPSA) is 116 Å². The molecule has 1 fully saturated rings. The number of nitrogens with two attached hydrogens (primary N) is 1. The Morgan fingerprint density at radius 1 is 1.67 bits per heavy atom. The van der Waals surface area contributed by atoms with Crippen LogP contribution < -0.4 is 11.1 Å². The number of aromatic amines is 1. The van der Waals surface area contributed by atoms with Crippen LogP contribution in [-0.4, -0.2) is 33.5 Å². The molecule has 0 bridgehead atoms. The number of carbonyl (C=O) groups excluding carboxylic acids is 1. The van der Waals surface area contributed by atoms with Gasteiger partial charge >= 0.3 is 0 Å². The van der Waals surface area contributed by atoms with E-state index >= 15 is 0 Å². The highest BCUT2D eigenvalue weighted by atomic mass is 16.4. The van der Waals surface area contributed by atoms with Crippen molar-refractivity contribution in [1.82, 2.24) is 15.3 Å². The Hall–Kier alpha value is -2.05. The van der Waals surface area contributed by atoms with Crippen LogP contribution in [0.3, 0.4) is 0 Å². The summed E-state index contributed by atoms with van der Waals surface area (Å²) in [6, 6.07) is 0. The zero-order chi connectivity index (χ0) is 13.0. The first-order valence-corrected chi connectivity index (χ1v) is 5.93. The molecule has 0 atom stereocenters. The molecule has 0 spiro atoms. The monoisotopic (exact) mass is 251 g/mol. The van der Waals surface area contributed by atoms with Crippen molar-refractivity contribution in [3.8, 4) is 0 Å². The van der Waals surface area contributed by atoms with Crippen LogP contribution in [0.2, 0.25) is 0 Å². The lowest BCUT2D eigenvalue weighted by atomic mass is 10.1. The average Bonchev–Trinajstić information content (AvgIpc) is 3.04. The summed E-state index contributed by atoms with van der Waals surface area (Å²) in [5.41, 5.74) is 4.76. The van der Waals surface area contributed by atoms with Gasteiger partial charge in [0.2, 0.25) is 5.91 Å². The summed E-state index contributed by atoms with van der Waals surface area (Å²) in [5.74, 6) is 0.755. The summed E-state index contributed by atoms with van der Waals surface area (Å²) in [7, 11) is 0. The molecule has 1 saturated carbocycles. The van der Waals surface area contributed by atoms with E-state index in [0.29, 0.717) is 19.4 Å². The molecule has 0 radical (unpaired) electrons. The molecule has 1 aromatic heterocycles. The summed E-state index contributed by atoms with van der Waals surface area (Å²) < 4.78 is 0. The maximum atomic E-state index is 11.9. The van der Waals surface area contributed by atoms with Crippen molar-refractivity contribution in [2.45, 2.75) is 25.7 Å². The first-order valence-electron chi connectivity index (χ1n) is 5.93. The van der Waals surface area contributed by atoms with Crippen molar-refractivity contribution in [3.05, 3.63) is 18.2 Å². The summed E-state index contributed by atoms with van der Waals surface area (Å²) in [5, 5.41) is 14.4. The second kappa shape index (κ2) is 5.07. The number of hydrogen-bond acceptors (Lipinski definition) is 4. The van der Waals surface area contributed by atoms with E-state index in [1.54, 1.807) is 12.4 Å². The lowest BCUT2D eigenvalue weighted by Crippen LogP contribution is -2.41. The molecule has 1 aliphatic rings. The molecular weight excluding hydrogens is 234 g/mol. The molecule has 0 aromatic carbocycles. The van der Waals surface area contributed by atoms with Crippen LogP contribution in [0.5, 0.6) is 0 Å². The molecule has 2 rings (SSSR count). The van der Waals surface area contributed by atoms with Gasteiger partial charge in [0.25, 0.3) is 0 Å². The molecule has 0 unspecified atom stereocenters. The van der Waals surface area contributed by atoms with Gasteiger partial charge in [0.1, 0.15) is 11.2 Å². The number of rotatable bonds is 6. The SMILES string of the molecule is N/C(=N/O)C1(C(=O)NCCCc2ncc[nH]2)CC1. The number of hydrogen-bond donors (Lipinski definition) is 4.